The van der Waals surface area contributed by atoms with Gasteiger partial charge in [0.1, 0.15) is 0 Å². The maximum atomic E-state index is 2.70. The second kappa shape index (κ2) is 4.48. The van der Waals surface area contributed by atoms with Crippen LogP contribution < -0.4 is 0 Å². The summed E-state index contributed by atoms with van der Waals surface area (Å²) in [6.07, 6.45) is 19.0. The molecule has 75 valence electrons. The lowest BCUT2D eigenvalue weighted by molar-refractivity contribution is 0.272. The summed E-state index contributed by atoms with van der Waals surface area (Å²) in [7, 11) is 0. The van der Waals surface area contributed by atoms with Gasteiger partial charge >= 0.3 is 0 Å². The molecular weight excluding hydrogens is 156 g/mol. The Bertz CT molecular complexity index is 111. The molecule has 2 rings (SSSR count). The van der Waals surface area contributed by atoms with Crippen molar-refractivity contribution in [3.05, 3.63) is 6.42 Å². The van der Waals surface area contributed by atoms with Gasteiger partial charge in [-0.2, -0.15) is 0 Å². The van der Waals surface area contributed by atoms with E-state index in [1.807, 2.05) is 0 Å². The zero-order chi connectivity index (χ0) is 8.99. The van der Waals surface area contributed by atoms with Crippen molar-refractivity contribution in [1.82, 2.24) is 0 Å². The summed E-state index contributed by atoms with van der Waals surface area (Å²) in [6, 6.07) is 0. The summed E-state index contributed by atoms with van der Waals surface area (Å²) in [6.45, 7) is 0. The molecule has 0 heteroatoms. The van der Waals surface area contributed by atoms with Crippen LogP contribution in [-0.2, 0) is 0 Å². The van der Waals surface area contributed by atoms with Crippen molar-refractivity contribution in [1.29, 1.82) is 0 Å². The summed E-state index contributed by atoms with van der Waals surface area (Å²) in [5.74, 6) is 0. The van der Waals surface area contributed by atoms with E-state index in [1.54, 1.807) is 0 Å². The Morgan fingerprint density at radius 2 is 1.15 bits per heavy atom. The number of hydrogen-bond acceptors (Lipinski definition) is 0. The van der Waals surface area contributed by atoms with Crippen molar-refractivity contribution >= 4 is 0 Å². The van der Waals surface area contributed by atoms with Crippen LogP contribution in [0.15, 0.2) is 0 Å². The Morgan fingerprint density at radius 3 is 1.77 bits per heavy atom. The topological polar surface area (TPSA) is 0 Å². The van der Waals surface area contributed by atoms with Crippen LogP contribution in [0.4, 0.5) is 0 Å². The fourth-order valence-corrected chi connectivity index (χ4v) is 3.20. The van der Waals surface area contributed by atoms with Crippen molar-refractivity contribution in [2.24, 2.45) is 5.41 Å². The molecule has 2 aliphatic rings. The van der Waals surface area contributed by atoms with E-state index in [-0.39, 0.29) is 0 Å². The highest BCUT2D eigenvalue weighted by Gasteiger charge is 2.31. The SMILES string of the molecule is [CH]1CCCCCC12CCCCCC2. The maximum absolute atomic E-state index is 2.70. The Hall–Kier alpha value is 0. The van der Waals surface area contributed by atoms with Crippen LogP contribution in [0.3, 0.4) is 0 Å². The fourth-order valence-electron chi connectivity index (χ4n) is 3.20. The third-order valence-corrected chi connectivity index (χ3v) is 4.06. The van der Waals surface area contributed by atoms with E-state index in [2.05, 4.69) is 6.42 Å². The van der Waals surface area contributed by atoms with Crippen LogP contribution in [0.2, 0.25) is 0 Å². The normalized spacial score (nSPS) is 29.5. The van der Waals surface area contributed by atoms with Gasteiger partial charge in [0.25, 0.3) is 0 Å². The Kier molecular flexibility index (Phi) is 3.29. The quantitative estimate of drug-likeness (QED) is 0.514. The van der Waals surface area contributed by atoms with E-state index in [9.17, 15) is 0 Å². The highest BCUT2D eigenvalue weighted by atomic mass is 14.4. The van der Waals surface area contributed by atoms with Gasteiger partial charge in [0.15, 0.2) is 0 Å². The third-order valence-electron chi connectivity index (χ3n) is 4.06. The van der Waals surface area contributed by atoms with E-state index in [0.29, 0.717) is 5.41 Å². The van der Waals surface area contributed by atoms with Gasteiger partial charge < -0.3 is 0 Å². The molecule has 1 radical (unpaired) electrons. The van der Waals surface area contributed by atoms with Crippen LogP contribution in [0, 0.1) is 11.8 Å². The zero-order valence-electron chi connectivity index (χ0n) is 8.86. The van der Waals surface area contributed by atoms with Gasteiger partial charge in [-0.15, -0.1) is 0 Å². The third kappa shape index (κ3) is 2.48. The highest BCUT2D eigenvalue weighted by molar-refractivity contribution is 4.94. The van der Waals surface area contributed by atoms with Crippen molar-refractivity contribution in [2.45, 2.75) is 70.6 Å². The fraction of sp³-hybridized carbons (Fsp3) is 0.923. The Balaban J connectivity index is 1.97. The van der Waals surface area contributed by atoms with Crippen molar-refractivity contribution in [3.8, 4) is 0 Å². The van der Waals surface area contributed by atoms with E-state index in [0.717, 1.165) is 0 Å². The molecule has 2 saturated carbocycles. The Morgan fingerprint density at radius 1 is 0.615 bits per heavy atom. The molecule has 0 saturated heterocycles. The first-order valence-corrected chi connectivity index (χ1v) is 6.26. The molecule has 0 nitrogen and oxygen atoms in total. The molecule has 13 heavy (non-hydrogen) atoms. The smallest absolute Gasteiger partial charge is 0.0266 e. The average molecular weight is 179 g/mol. The van der Waals surface area contributed by atoms with Crippen molar-refractivity contribution in [3.63, 3.8) is 0 Å². The Labute approximate surface area is 83.1 Å². The van der Waals surface area contributed by atoms with Crippen LogP contribution in [0.5, 0.6) is 0 Å². The minimum Gasteiger partial charge on any atom is -0.0533 e. The number of hydrogen-bond donors (Lipinski definition) is 0. The van der Waals surface area contributed by atoms with Gasteiger partial charge in [-0.05, 0) is 37.5 Å². The van der Waals surface area contributed by atoms with Gasteiger partial charge in [0, 0.05) is 0 Å². The number of rotatable bonds is 0. The van der Waals surface area contributed by atoms with E-state index >= 15 is 0 Å². The van der Waals surface area contributed by atoms with Gasteiger partial charge in [0.2, 0.25) is 0 Å². The second-order valence-electron chi connectivity index (χ2n) is 5.08. The first kappa shape index (κ1) is 9.55. The minimum atomic E-state index is 0.701. The first-order chi connectivity index (χ1) is 6.41. The minimum absolute atomic E-state index is 0.701. The predicted octanol–water partition coefficient (Wildman–Crippen LogP) is 4.50. The average Bonchev–Trinajstić information content (AvgIpc) is 2.50. The molecule has 0 atom stereocenters. The van der Waals surface area contributed by atoms with Crippen LogP contribution in [0.25, 0.3) is 0 Å². The molecule has 0 amide bonds. The monoisotopic (exact) mass is 179 g/mol. The zero-order valence-corrected chi connectivity index (χ0v) is 8.86. The molecule has 0 heterocycles. The highest BCUT2D eigenvalue weighted by Crippen LogP contribution is 2.44. The molecule has 0 unspecified atom stereocenters. The molecule has 0 bridgehead atoms. The molecule has 0 N–H and O–H groups in total. The lowest BCUT2D eigenvalue weighted by atomic mass is 9.74. The van der Waals surface area contributed by atoms with E-state index in [4.69, 9.17) is 0 Å². The van der Waals surface area contributed by atoms with Crippen molar-refractivity contribution in [2.75, 3.05) is 0 Å². The summed E-state index contributed by atoms with van der Waals surface area (Å²) in [5.41, 5.74) is 0.701. The molecule has 0 aromatic heterocycles. The summed E-state index contributed by atoms with van der Waals surface area (Å²) >= 11 is 0. The van der Waals surface area contributed by atoms with E-state index < -0.39 is 0 Å². The molecule has 0 aromatic carbocycles. The molecular formula is C13H23. The predicted molar refractivity (Wildman–Crippen MR) is 57.5 cm³/mol. The lowest BCUT2D eigenvalue weighted by Crippen LogP contribution is -2.19. The summed E-state index contributed by atoms with van der Waals surface area (Å²) in [5, 5.41) is 0. The van der Waals surface area contributed by atoms with Crippen LogP contribution in [-0.4, -0.2) is 0 Å². The second-order valence-corrected chi connectivity index (χ2v) is 5.08. The lowest BCUT2D eigenvalue weighted by Gasteiger charge is -2.31. The first-order valence-electron chi connectivity index (χ1n) is 6.26. The summed E-state index contributed by atoms with van der Waals surface area (Å²) < 4.78 is 0. The van der Waals surface area contributed by atoms with Gasteiger partial charge in [-0.25, -0.2) is 0 Å². The summed E-state index contributed by atoms with van der Waals surface area (Å²) in [4.78, 5) is 0. The molecule has 2 aliphatic carbocycles. The largest absolute Gasteiger partial charge is 0.0533 e. The van der Waals surface area contributed by atoms with Gasteiger partial charge in [-0.3, -0.25) is 0 Å². The van der Waals surface area contributed by atoms with Crippen molar-refractivity contribution < 1.29 is 0 Å². The van der Waals surface area contributed by atoms with Gasteiger partial charge in [0.05, 0.1) is 0 Å². The molecule has 0 aromatic rings. The van der Waals surface area contributed by atoms with Gasteiger partial charge in [-0.1, -0.05) is 44.9 Å². The van der Waals surface area contributed by atoms with Crippen LogP contribution >= 0.6 is 0 Å². The standard InChI is InChI=1S/C13H23/c1-2-6-10-13(9-5-1)11-7-3-4-8-12-13/h9H,1-8,10-12H2. The molecule has 1 spiro atoms. The van der Waals surface area contributed by atoms with Crippen LogP contribution in [0.1, 0.15) is 70.6 Å². The molecule has 0 aliphatic heterocycles. The molecule has 2 fully saturated rings. The van der Waals surface area contributed by atoms with E-state index in [1.165, 1.54) is 70.6 Å². The maximum Gasteiger partial charge on any atom is -0.0266 e.